The molecule has 3 rings (SSSR count). The summed E-state index contributed by atoms with van der Waals surface area (Å²) in [4.78, 5) is 54.0. The van der Waals surface area contributed by atoms with Gasteiger partial charge in [0.1, 0.15) is 12.1 Å². The number of pyridine rings is 1. The van der Waals surface area contributed by atoms with Crippen LogP contribution in [0.2, 0.25) is 0 Å². The van der Waals surface area contributed by atoms with Crippen LogP contribution in [0.15, 0.2) is 24.5 Å². The van der Waals surface area contributed by atoms with Crippen molar-refractivity contribution in [2.75, 3.05) is 19.6 Å². The van der Waals surface area contributed by atoms with Crippen molar-refractivity contribution in [1.29, 1.82) is 0 Å². The van der Waals surface area contributed by atoms with Crippen LogP contribution in [0, 0.1) is 5.92 Å². The number of hydrogen-bond donors (Lipinski definition) is 3. The molecule has 3 N–H and O–H groups in total. The van der Waals surface area contributed by atoms with Crippen LogP contribution in [0.1, 0.15) is 49.4 Å². The van der Waals surface area contributed by atoms with Crippen LogP contribution >= 0.6 is 0 Å². The van der Waals surface area contributed by atoms with Crippen molar-refractivity contribution in [3.63, 3.8) is 0 Å². The van der Waals surface area contributed by atoms with Gasteiger partial charge in [-0.1, -0.05) is 13.3 Å². The van der Waals surface area contributed by atoms with Gasteiger partial charge in [0.15, 0.2) is 0 Å². The zero-order chi connectivity index (χ0) is 20.9. The fraction of sp³-hybridized carbons (Fsp3) is 0.550. The number of aromatic nitrogens is 1. The van der Waals surface area contributed by atoms with E-state index in [1.54, 1.807) is 18.3 Å². The standard InChI is InChI=1S/C20H27N5O4/c1-2-14-5-7-20(8-6-14)18(28)25(19(29)24-20)13-16(26)22-10-11-23-17(27)15-4-3-9-21-12-15/h3-4,9,12,14H,2,5-8,10-11,13H2,1H3,(H,22,26)(H,23,27)(H,24,29). The second-order valence-corrected chi connectivity index (χ2v) is 7.60. The van der Waals surface area contributed by atoms with Crippen molar-refractivity contribution >= 4 is 23.8 Å². The number of amides is 5. The van der Waals surface area contributed by atoms with Crippen LogP contribution < -0.4 is 16.0 Å². The molecule has 29 heavy (non-hydrogen) atoms. The van der Waals surface area contributed by atoms with E-state index in [0.717, 1.165) is 24.2 Å². The molecule has 0 aromatic carbocycles. The minimum absolute atomic E-state index is 0.192. The molecule has 1 aliphatic heterocycles. The number of carbonyl (C=O) groups is 4. The van der Waals surface area contributed by atoms with Gasteiger partial charge < -0.3 is 16.0 Å². The Labute approximate surface area is 169 Å². The molecule has 1 aromatic heterocycles. The van der Waals surface area contributed by atoms with E-state index in [4.69, 9.17) is 0 Å². The Kier molecular flexibility index (Phi) is 6.46. The Hall–Kier alpha value is -2.97. The van der Waals surface area contributed by atoms with Crippen molar-refractivity contribution in [2.24, 2.45) is 5.92 Å². The minimum atomic E-state index is -0.847. The van der Waals surface area contributed by atoms with Gasteiger partial charge in [-0.25, -0.2) is 4.79 Å². The predicted molar refractivity (Wildman–Crippen MR) is 105 cm³/mol. The fourth-order valence-electron chi connectivity index (χ4n) is 3.91. The van der Waals surface area contributed by atoms with Crippen LogP contribution in [0.4, 0.5) is 4.79 Å². The summed E-state index contributed by atoms with van der Waals surface area (Å²) >= 11 is 0. The summed E-state index contributed by atoms with van der Waals surface area (Å²) in [7, 11) is 0. The number of rotatable bonds is 7. The highest BCUT2D eigenvalue weighted by Crippen LogP contribution is 2.37. The molecule has 5 amide bonds. The first-order valence-electron chi connectivity index (χ1n) is 10.0. The number of nitrogens with one attached hydrogen (secondary N) is 3. The monoisotopic (exact) mass is 401 g/mol. The molecule has 2 aliphatic rings. The number of hydrogen-bond acceptors (Lipinski definition) is 5. The molecule has 156 valence electrons. The molecule has 1 saturated carbocycles. The fourth-order valence-corrected chi connectivity index (χ4v) is 3.91. The molecule has 2 fully saturated rings. The van der Waals surface area contributed by atoms with Crippen molar-refractivity contribution in [3.05, 3.63) is 30.1 Å². The maximum Gasteiger partial charge on any atom is 0.325 e. The third-order valence-electron chi connectivity index (χ3n) is 5.74. The maximum atomic E-state index is 12.8. The van der Waals surface area contributed by atoms with Crippen LogP contribution in [0.3, 0.4) is 0 Å². The van der Waals surface area contributed by atoms with Crippen LogP contribution in [-0.4, -0.2) is 58.8 Å². The summed E-state index contributed by atoms with van der Waals surface area (Å²) in [5.74, 6) is -0.448. The largest absolute Gasteiger partial charge is 0.353 e. The lowest BCUT2D eigenvalue weighted by Crippen LogP contribution is -2.50. The summed E-state index contributed by atoms with van der Waals surface area (Å²) in [6, 6.07) is 2.79. The van der Waals surface area contributed by atoms with Crippen molar-refractivity contribution < 1.29 is 19.2 Å². The highest BCUT2D eigenvalue weighted by Gasteiger charge is 2.52. The summed E-state index contributed by atoms with van der Waals surface area (Å²) in [6.45, 7) is 2.23. The van der Waals surface area contributed by atoms with Gasteiger partial charge in [-0.2, -0.15) is 0 Å². The molecule has 9 heteroatoms. The third-order valence-corrected chi connectivity index (χ3v) is 5.74. The first kappa shape index (κ1) is 20.8. The van der Waals surface area contributed by atoms with E-state index in [9.17, 15) is 19.2 Å². The van der Waals surface area contributed by atoms with Crippen LogP contribution in [-0.2, 0) is 9.59 Å². The molecule has 2 heterocycles. The number of carbonyl (C=O) groups excluding carboxylic acids is 4. The molecule has 0 atom stereocenters. The molecule has 1 saturated heterocycles. The molecule has 1 spiro atoms. The Morgan fingerprint density at radius 3 is 2.62 bits per heavy atom. The number of imide groups is 1. The summed E-state index contributed by atoms with van der Waals surface area (Å²) in [6.07, 6.45) is 7.14. The van der Waals surface area contributed by atoms with E-state index < -0.39 is 17.5 Å². The van der Waals surface area contributed by atoms with Gasteiger partial charge in [0.25, 0.3) is 11.8 Å². The van der Waals surface area contributed by atoms with Gasteiger partial charge in [0.2, 0.25) is 5.91 Å². The maximum absolute atomic E-state index is 12.8. The second-order valence-electron chi connectivity index (χ2n) is 7.60. The second kappa shape index (κ2) is 9.02. The molecule has 0 unspecified atom stereocenters. The highest BCUT2D eigenvalue weighted by molar-refractivity contribution is 6.09. The molecule has 0 bridgehead atoms. The van der Waals surface area contributed by atoms with Gasteiger partial charge in [0, 0.05) is 25.5 Å². The van der Waals surface area contributed by atoms with Crippen LogP contribution in [0.25, 0.3) is 0 Å². The molecule has 1 aliphatic carbocycles. The van der Waals surface area contributed by atoms with E-state index in [1.165, 1.54) is 6.20 Å². The lowest BCUT2D eigenvalue weighted by molar-refractivity contribution is -0.136. The Morgan fingerprint density at radius 2 is 1.97 bits per heavy atom. The van der Waals surface area contributed by atoms with Gasteiger partial charge in [-0.05, 0) is 43.7 Å². The van der Waals surface area contributed by atoms with E-state index in [0.29, 0.717) is 24.3 Å². The third kappa shape index (κ3) is 4.72. The number of urea groups is 1. The lowest BCUT2D eigenvalue weighted by atomic mass is 9.75. The van der Waals surface area contributed by atoms with Crippen LogP contribution in [0.5, 0.6) is 0 Å². The zero-order valence-electron chi connectivity index (χ0n) is 16.6. The SMILES string of the molecule is CCC1CCC2(CC1)NC(=O)N(CC(=O)NCCNC(=O)c1cccnc1)C2=O. The first-order chi connectivity index (χ1) is 13.9. The van der Waals surface area contributed by atoms with Crippen molar-refractivity contribution in [2.45, 2.75) is 44.6 Å². The summed E-state index contributed by atoms with van der Waals surface area (Å²) in [5, 5.41) is 8.10. The topological polar surface area (TPSA) is 120 Å². The Balaban J connectivity index is 1.43. The van der Waals surface area contributed by atoms with E-state index in [2.05, 4.69) is 27.9 Å². The normalized spacial score (nSPS) is 23.8. The van der Waals surface area contributed by atoms with E-state index in [-0.39, 0.29) is 31.4 Å². The van der Waals surface area contributed by atoms with Crippen molar-refractivity contribution in [1.82, 2.24) is 25.8 Å². The molecular weight excluding hydrogens is 374 g/mol. The van der Waals surface area contributed by atoms with Gasteiger partial charge in [-0.3, -0.25) is 24.3 Å². The molecule has 0 radical (unpaired) electrons. The summed E-state index contributed by atoms with van der Waals surface area (Å²) < 4.78 is 0. The van der Waals surface area contributed by atoms with Gasteiger partial charge >= 0.3 is 6.03 Å². The molecular formula is C20H27N5O4. The smallest absolute Gasteiger partial charge is 0.325 e. The predicted octanol–water partition coefficient (Wildman–Crippen LogP) is 0.818. The average molecular weight is 401 g/mol. The highest BCUT2D eigenvalue weighted by atomic mass is 16.2. The molecule has 1 aromatic rings. The average Bonchev–Trinajstić information content (AvgIpc) is 2.96. The summed E-state index contributed by atoms with van der Waals surface area (Å²) in [5.41, 5.74) is -0.415. The minimum Gasteiger partial charge on any atom is -0.353 e. The Morgan fingerprint density at radius 1 is 1.24 bits per heavy atom. The number of nitrogens with zero attached hydrogens (tertiary/aromatic N) is 2. The van der Waals surface area contributed by atoms with E-state index >= 15 is 0 Å². The zero-order valence-corrected chi connectivity index (χ0v) is 16.6. The quantitative estimate of drug-likeness (QED) is 0.461. The van der Waals surface area contributed by atoms with Gasteiger partial charge in [0.05, 0.1) is 5.56 Å². The lowest BCUT2D eigenvalue weighted by Gasteiger charge is -2.34. The van der Waals surface area contributed by atoms with E-state index in [1.807, 2.05) is 0 Å². The van der Waals surface area contributed by atoms with Gasteiger partial charge in [-0.15, -0.1) is 0 Å². The Bertz CT molecular complexity index is 774. The van der Waals surface area contributed by atoms with Crippen molar-refractivity contribution in [3.8, 4) is 0 Å². The first-order valence-corrected chi connectivity index (χ1v) is 10.0. The molecule has 9 nitrogen and oxygen atoms in total.